The maximum atomic E-state index is 6.33. The molecule has 0 saturated carbocycles. The first-order valence-corrected chi connectivity index (χ1v) is 7.03. The summed E-state index contributed by atoms with van der Waals surface area (Å²) in [5.41, 5.74) is 10.1. The van der Waals surface area contributed by atoms with Gasteiger partial charge in [0.2, 0.25) is 0 Å². The van der Waals surface area contributed by atoms with E-state index in [1.54, 1.807) is 4.68 Å². The minimum absolute atomic E-state index is 0.687. The number of aromatic nitrogens is 4. The molecule has 108 valence electrons. The van der Waals surface area contributed by atoms with E-state index in [0.29, 0.717) is 5.82 Å². The number of imidazole rings is 1. The van der Waals surface area contributed by atoms with Gasteiger partial charge < -0.3 is 10.3 Å². The largest absolute Gasteiger partial charge is 0.383 e. The molecule has 5 heteroatoms. The molecule has 0 unspecified atom stereocenters. The van der Waals surface area contributed by atoms with E-state index < -0.39 is 0 Å². The normalized spacial score (nSPS) is 11.0. The summed E-state index contributed by atoms with van der Waals surface area (Å²) in [5, 5.41) is 4.38. The zero-order valence-electron chi connectivity index (χ0n) is 12.5. The molecule has 0 aliphatic rings. The lowest BCUT2D eigenvalue weighted by atomic mass is 10.2. The van der Waals surface area contributed by atoms with E-state index in [2.05, 4.69) is 12.0 Å². The van der Waals surface area contributed by atoms with E-state index in [0.717, 1.165) is 34.9 Å². The van der Waals surface area contributed by atoms with E-state index in [1.165, 1.54) is 0 Å². The smallest absolute Gasteiger partial charge is 0.142 e. The first kappa shape index (κ1) is 13.4. The van der Waals surface area contributed by atoms with Crippen molar-refractivity contribution in [3.8, 4) is 22.6 Å². The van der Waals surface area contributed by atoms with Gasteiger partial charge in [0.1, 0.15) is 17.3 Å². The van der Waals surface area contributed by atoms with Crippen molar-refractivity contribution in [2.75, 3.05) is 5.73 Å². The second-order valence-corrected chi connectivity index (χ2v) is 5.08. The lowest BCUT2D eigenvalue weighted by Crippen LogP contribution is -2.02. The predicted molar refractivity (Wildman–Crippen MR) is 84.7 cm³/mol. The van der Waals surface area contributed by atoms with Crippen LogP contribution in [0.5, 0.6) is 0 Å². The van der Waals surface area contributed by atoms with E-state index in [4.69, 9.17) is 10.7 Å². The molecule has 3 aromatic rings. The predicted octanol–water partition coefficient (Wildman–Crippen LogP) is 2.86. The second kappa shape index (κ2) is 5.09. The van der Waals surface area contributed by atoms with Crippen LogP contribution in [0.15, 0.2) is 36.5 Å². The Hall–Kier alpha value is -2.56. The van der Waals surface area contributed by atoms with Gasteiger partial charge in [-0.1, -0.05) is 30.3 Å². The van der Waals surface area contributed by atoms with Crippen LogP contribution in [0.4, 0.5) is 5.82 Å². The van der Waals surface area contributed by atoms with Crippen LogP contribution in [0.3, 0.4) is 0 Å². The molecule has 2 aromatic heterocycles. The molecule has 0 aliphatic heterocycles. The highest BCUT2D eigenvalue weighted by atomic mass is 15.3. The zero-order chi connectivity index (χ0) is 15.0. The molecule has 0 saturated heterocycles. The first-order chi connectivity index (χ1) is 10.1. The van der Waals surface area contributed by atoms with Crippen LogP contribution >= 0.6 is 0 Å². The molecule has 2 heterocycles. The fourth-order valence-corrected chi connectivity index (χ4v) is 2.62. The van der Waals surface area contributed by atoms with Crippen LogP contribution in [-0.2, 0) is 13.6 Å². The highest BCUT2D eigenvalue weighted by molar-refractivity contribution is 5.76. The van der Waals surface area contributed by atoms with E-state index in [9.17, 15) is 0 Å². The van der Waals surface area contributed by atoms with Crippen molar-refractivity contribution >= 4 is 5.82 Å². The number of rotatable bonds is 3. The zero-order valence-corrected chi connectivity index (χ0v) is 12.5. The maximum absolute atomic E-state index is 6.33. The summed E-state index contributed by atoms with van der Waals surface area (Å²) in [5.74, 6) is 1.58. The monoisotopic (exact) mass is 281 g/mol. The number of nitrogens with two attached hydrogens (primary N) is 1. The molecule has 2 N–H and O–H groups in total. The molecule has 0 bridgehead atoms. The Morgan fingerprint density at radius 3 is 2.48 bits per heavy atom. The third-order valence-corrected chi connectivity index (χ3v) is 3.62. The second-order valence-electron chi connectivity index (χ2n) is 5.08. The van der Waals surface area contributed by atoms with Gasteiger partial charge in [-0.2, -0.15) is 5.10 Å². The molecule has 0 amide bonds. The molecule has 0 aliphatic carbocycles. The average molecular weight is 281 g/mol. The molecule has 1 aromatic carbocycles. The summed E-state index contributed by atoms with van der Waals surface area (Å²) in [6.07, 6.45) is 1.96. The summed E-state index contributed by atoms with van der Waals surface area (Å²) >= 11 is 0. The minimum Gasteiger partial charge on any atom is -0.383 e. The summed E-state index contributed by atoms with van der Waals surface area (Å²) in [7, 11) is 1.90. The Morgan fingerprint density at radius 2 is 1.90 bits per heavy atom. The highest BCUT2D eigenvalue weighted by Gasteiger charge is 2.19. The third kappa shape index (κ3) is 2.20. The Labute approximate surface area is 124 Å². The quantitative estimate of drug-likeness (QED) is 0.803. The summed E-state index contributed by atoms with van der Waals surface area (Å²) in [6, 6.07) is 10.1. The SMILES string of the molecule is CCn1c(-c2ccccc2)nc(-c2cn(C)nc2C)c1N. The Kier molecular flexibility index (Phi) is 3.25. The molecule has 0 spiro atoms. The van der Waals surface area contributed by atoms with Gasteiger partial charge >= 0.3 is 0 Å². The van der Waals surface area contributed by atoms with Crippen molar-refractivity contribution in [2.45, 2.75) is 20.4 Å². The van der Waals surface area contributed by atoms with Gasteiger partial charge in [-0.05, 0) is 13.8 Å². The number of hydrogen-bond acceptors (Lipinski definition) is 3. The number of aryl methyl sites for hydroxylation is 2. The van der Waals surface area contributed by atoms with Crippen molar-refractivity contribution in [3.05, 3.63) is 42.2 Å². The summed E-state index contributed by atoms with van der Waals surface area (Å²) < 4.78 is 3.83. The fourth-order valence-electron chi connectivity index (χ4n) is 2.62. The van der Waals surface area contributed by atoms with E-state index >= 15 is 0 Å². The van der Waals surface area contributed by atoms with Crippen LogP contribution in [0.25, 0.3) is 22.6 Å². The molecule has 21 heavy (non-hydrogen) atoms. The fraction of sp³-hybridized carbons (Fsp3) is 0.250. The van der Waals surface area contributed by atoms with Gasteiger partial charge in [0.25, 0.3) is 0 Å². The molecular weight excluding hydrogens is 262 g/mol. The maximum Gasteiger partial charge on any atom is 0.142 e. The lowest BCUT2D eigenvalue weighted by Gasteiger charge is -2.06. The van der Waals surface area contributed by atoms with Gasteiger partial charge in [0, 0.05) is 30.9 Å². The molecular formula is C16H19N5. The van der Waals surface area contributed by atoms with Crippen molar-refractivity contribution in [1.29, 1.82) is 0 Å². The van der Waals surface area contributed by atoms with Gasteiger partial charge in [0.05, 0.1) is 5.69 Å². The Morgan fingerprint density at radius 1 is 1.19 bits per heavy atom. The van der Waals surface area contributed by atoms with Gasteiger partial charge in [-0.25, -0.2) is 4.98 Å². The standard InChI is InChI=1S/C16H19N5/c1-4-21-15(17)14(13-10-20(3)19-11(13)2)18-16(21)12-8-6-5-7-9-12/h5-10H,4,17H2,1-3H3. The highest BCUT2D eigenvalue weighted by Crippen LogP contribution is 2.32. The van der Waals surface area contributed by atoms with Crippen molar-refractivity contribution in [1.82, 2.24) is 19.3 Å². The average Bonchev–Trinajstić information content (AvgIpc) is 2.99. The van der Waals surface area contributed by atoms with Crippen LogP contribution in [0, 0.1) is 6.92 Å². The third-order valence-electron chi connectivity index (χ3n) is 3.62. The Bertz CT molecular complexity index is 768. The topological polar surface area (TPSA) is 61.7 Å². The number of hydrogen-bond donors (Lipinski definition) is 1. The van der Waals surface area contributed by atoms with Crippen LogP contribution in [-0.4, -0.2) is 19.3 Å². The van der Waals surface area contributed by atoms with E-state index in [-0.39, 0.29) is 0 Å². The summed E-state index contributed by atoms with van der Waals surface area (Å²) in [4.78, 5) is 4.78. The number of nitrogen functional groups attached to an aromatic ring is 1. The van der Waals surface area contributed by atoms with Crippen molar-refractivity contribution in [2.24, 2.45) is 7.05 Å². The number of benzene rings is 1. The molecule has 0 radical (unpaired) electrons. The summed E-state index contributed by atoms with van der Waals surface area (Å²) in [6.45, 7) is 4.83. The number of nitrogens with zero attached hydrogens (tertiary/aromatic N) is 4. The minimum atomic E-state index is 0.687. The van der Waals surface area contributed by atoms with E-state index in [1.807, 2.05) is 55.1 Å². The molecule has 0 atom stereocenters. The van der Waals surface area contributed by atoms with Gasteiger partial charge in [0.15, 0.2) is 0 Å². The number of anilines is 1. The Balaban J connectivity index is 2.21. The van der Waals surface area contributed by atoms with Crippen molar-refractivity contribution in [3.63, 3.8) is 0 Å². The van der Waals surface area contributed by atoms with Crippen LogP contribution in [0.1, 0.15) is 12.6 Å². The lowest BCUT2D eigenvalue weighted by molar-refractivity contribution is 0.756. The first-order valence-electron chi connectivity index (χ1n) is 7.03. The van der Waals surface area contributed by atoms with Crippen LogP contribution < -0.4 is 5.73 Å². The van der Waals surface area contributed by atoms with Gasteiger partial charge in [-0.15, -0.1) is 0 Å². The van der Waals surface area contributed by atoms with Gasteiger partial charge in [-0.3, -0.25) is 4.68 Å². The van der Waals surface area contributed by atoms with Crippen LogP contribution in [0.2, 0.25) is 0 Å². The molecule has 3 rings (SSSR count). The molecule has 5 nitrogen and oxygen atoms in total. The molecule has 0 fully saturated rings. The van der Waals surface area contributed by atoms with Crippen molar-refractivity contribution < 1.29 is 0 Å².